The molecule has 2 atom stereocenters. The number of carbonyl (C=O) groups excluding carboxylic acids is 1. The van der Waals surface area contributed by atoms with Crippen molar-refractivity contribution in [3.8, 4) is 11.4 Å². The maximum atomic E-state index is 13.0. The maximum absolute atomic E-state index is 13.0. The zero-order valence-corrected chi connectivity index (χ0v) is 18.0. The van der Waals surface area contributed by atoms with E-state index in [0.717, 1.165) is 37.8 Å². The number of aromatic nitrogens is 2. The number of hydrogen-bond acceptors (Lipinski definition) is 4. The van der Waals surface area contributed by atoms with Gasteiger partial charge in [0.2, 0.25) is 17.6 Å². The number of piperidine rings is 1. The van der Waals surface area contributed by atoms with Crippen LogP contribution in [-0.4, -0.2) is 27.5 Å². The van der Waals surface area contributed by atoms with E-state index in [1.807, 2.05) is 17.0 Å². The first kappa shape index (κ1) is 20.8. The van der Waals surface area contributed by atoms with Crippen molar-refractivity contribution < 1.29 is 9.32 Å². The fourth-order valence-corrected chi connectivity index (χ4v) is 4.23. The Morgan fingerprint density at radius 2 is 2.00 bits per heavy atom. The Labute approximate surface area is 172 Å². The van der Waals surface area contributed by atoms with Gasteiger partial charge in [-0.05, 0) is 61.3 Å². The van der Waals surface area contributed by atoms with Crippen LogP contribution in [0.3, 0.4) is 0 Å². The van der Waals surface area contributed by atoms with Gasteiger partial charge in [0.05, 0.1) is 0 Å². The maximum Gasteiger partial charge on any atom is 0.249 e. The summed E-state index contributed by atoms with van der Waals surface area (Å²) in [4.78, 5) is 19.6. The quantitative estimate of drug-likeness (QED) is 0.622. The van der Waals surface area contributed by atoms with Gasteiger partial charge in [-0.1, -0.05) is 44.5 Å². The van der Waals surface area contributed by atoms with Crippen LogP contribution in [0.15, 0.2) is 28.8 Å². The second-order valence-corrected chi connectivity index (χ2v) is 9.57. The van der Waals surface area contributed by atoms with Crippen LogP contribution in [0.4, 0.5) is 0 Å². The normalized spacial score (nSPS) is 18.9. The molecule has 1 aliphatic rings. The van der Waals surface area contributed by atoms with Crippen molar-refractivity contribution in [3.63, 3.8) is 0 Å². The molecule has 2 unspecified atom stereocenters. The molecule has 0 bridgehead atoms. The van der Waals surface area contributed by atoms with Crippen molar-refractivity contribution in [2.45, 2.75) is 65.8 Å². The Morgan fingerprint density at radius 1 is 1.29 bits per heavy atom. The molecule has 2 aromatic rings. The van der Waals surface area contributed by atoms with Gasteiger partial charge in [0, 0.05) is 23.6 Å². The van der Waals surface area contributed by atoms with Gasteiger partial charge in [-0.25, -0.2) is 0 Å². The van der Waals surface area contributed by atoms with Gasteiger partial charge >= 0.3 is 0 Å². The van der Waals surface area contributed by atoms with E-state index in [1.165, 1.54) is 0 Å². The summed E-state index contributed by atoms with van der Waals surface area (Å²) in [7, 11) is 0. The molecule has 3 rings (SSSR count). The number of rotatable bonds is 5. The number of carbonyl (C=O) groups is 1. The Morgan fingerprint density at radius 3 is 2.68 bits per heavy atom. The van der Waals surface area contributed by atoms with Gasteiger partial charge in [0.15, 0.2) is 0 Å². The summed E-state index contributed by atoms with van der Waals surface area (Å²) in [5.41, 5.74) is 1.08. The zero-order valence-electron chi connectivity index (χ0n) is 17.2. The minimum Gasteiger partial charge on any atom is -0.337 e. The second kappa shape index (κ2) is 8.64. The number of likely N-dealkylation sites (tertiary alicyclic amines) is 1. The SMILES string of the molecule is CC(CC(=O)N1CCCCC1c1nc(-c2ccc(Cl)cc2)no1)CC(C)(C)C. The molecule has 0 aliphatic carbocycles. The third-order valence-corrected chi connectivity index (χ3v) is 5.39. The molecular formula is C22H30ClN3O2. The fourth-order valence-electron chi connectivity index (χ4n) is 4.11. The minimum absolute atomic E-state index is 0.128. The summed E-state index contributed by atoms with van der Waals surface area (Å²) in [6, 6.07) is 7.22. The van der Waals surface area contributed by atoms with E-state index in [4.69, 9.17) is 16.1 Å². The first-order chi connectivity index (χ1) is 13.2. The molecule has 1 aliphatic heterocycles. The molecule has 0 spiro atoms. The van der Waals surface area contributed by atoms with Crippen LogP contribution in [0.2, 0.25) is 5.02 Å². The predicted octanol–water partition coefficient (Wildman–Crippen LogP) is 5.91. The standard InChI is InChI=1S/C22H30ClN3O2/c1-15(14-22(2,3)4)13-19(27)26-12-6-5-7-18(26)21-24-20(25-28-21)16-8-10-17(23)11-9-16/h8-11,15,18H,5-7,12-14H2,1-4H3. The van der Waals surface area contributed by atoms with Gasteiger partial charge in [-0.3, -0.25) is 4.79 Å². The number of amides is 1. The van der Waals surface area contributed by atoms with Crippen LogP contribution in [0.5, 0.6) is 0 Å². The van der Waals surface area contributed by atoms with Crippen molar-refractivity contribution in [3.05, 3.63) is 35.2 Å². The highest BCUT2D eigenvalue weighted by Crippen LogP contribution is 2.33. The van der Waals surface area contributed by atoms with E-state index >= 15 is 0 Å². The Hall–Kier alpha value is -1.88. The molecule has 1 saturated heterocycles. The van der Waals surface area contributed by atoms with Gasteiger partial charge in [-0.2, -0.15) is 4.98 Å². The highest BCUT2D eigenvalue weighted by atomic mass is 35.5. The van der Waals surface area contributed by atoms with Crippen LogP contribution in [-0.2, 0) is 4.79 Å². The van der Waals surface area contributed by atoms with E-state index in [2.05, 4.69) is 37.8 Å². The van der Waals surface area contributed by atoms with E-state index in [9.17, 15) is 4.79 Å². The third kappa shape index (κ3) is 5.34. The van der Waals surface area contributed by atoms with E-state index in [1.54, 1.807) is 12.1 Å². The van der Waals surface area contributed by atoms with Gasteiger partial charge in [-0.15, -0.1) is 0 Å². The summed E-state index contributed by atoms with van der Waals surface area (Å²) >= 11 is 5.95. The van der Waals surface area contributed by atoms with Crippen molar-refractivity contribution in [2.75, 3.05) is 6.54 Å². The van der Waals surface area contributed by atoms with Gasteiger partial charge < -0.3 is 9.42 Å². The molecule has 0 N–H and O–H groups in total. The Kier molecular flexibility index (Phi) is 6.43. The molecule has 5 nitrogen and oxygen atoms in total. The average Bonchev–Trinajstić information content (AvgIpc) is 3.10. The number of nitrogens with zero attached hydrogens (tertiary/aromatic N) is 3. The lowest BCUT2D eigenvalue weighted by Crippen LogP contribution is -2.39. The number of halogens is 1. The van der Waals surface area contributed by atoms with Crippen molar-refractivity contribution in [2.24, 2.45) is 11.3 Å². The number of benzene rings is 1. The molecule has 1 aromatic heterocycles. The highest BCUT2D eigenvalue weighted by Gasteiger charge is 2.33. The van der Waals surface area contributed by atoms with Gasteiger partial charge in [0.25, 0.3) is 0 Å². The third-order valence-electron chi connectivity index (χ3n) is 5.14. The summed E-state index contributed by atoms with van der Waals surface area (Å²) in [5.74, 6) is 1.60. The largest absolute Gasteiger partial charge is 0.337 e. The molecule has 6 heteroatoms. The molecule has 28 heavy (non-hydrogen) atoms. The van der Waals surface area contributed by atoms with Crippen LogP contribution in [0, 0.1) is 11.3 Å². The van der Waals surface area contributed by atoms with Crippen molar-refractivity contribution in [1.29, 1.82) is 0 Å². The summed E-state index contributed by atoms with van der Waals surface area (Å²) in [6.45, 7) is 9.56. The topological polar surface area (TPSA) is 59.2 Å². The van der Waals surface area contributed by atoms with E-state index in [-0.39, 0.29) is 17.4 Å². The lowest BCUT2D eigenvalue weighted by Gasteiger charge is -2.34. The van der Waals surface area contributed by atoms with E-state index < -0.39 is 0 Å². The monoisotopic (exact) mass is 403 g/mol. The van der Waals surface area contributed by atoms with Crippen LogP contribution < -0.4 is 0 Å². The average molecular weight is 404 g/mol. The fraction of sp³-hybridized carbons (Fsp3) is 0.591. The lowest BCUT2D eigenvalue weighted by atomic mass is 9.84. The van der Waals surface area contributed by atoms with Gasteiger partial charge in [0.1, 0.15) is 6.04 Å². The molecule has 2 heterocycles. The summed E-state index contributed by atoms with van der Waals surface area (Å²) in [6.07, 6.45) is 4.53. The van der Waals surface area contributed by atoms with Crippen molar-refractivity contribution in [1.82, 2.24) is 15.0 Å². The first-order valence-corrected chi connectivity index (χ1v) is 10.5. The number of hydrogen-bond donors (Lipinski definition) is 0. The second-order valence-electron chi connectivity index (χ2n) is 9.14. The molecule has 1 aromatic carbocycles. The zero-order chi connectivity index (χ0) is 20.3. The van der Waals surface area contributed by atoms with E-state index in [0.29, 0.717) is 29.1 Å². The highest BCUT2D eigenvalue weighted by molar-refractivity contribution is 6.30. The van der Waals surface area contributed by atoms with Crippen molar-refractivity contribution >= 4 is 17.5 Å². The van der Waals surface area contributed by atoms with Crippen LogP contribution >= 0.6 is 11.6 Å². The Balaban J connectivity index is 1.73. The minimum atomic E-state index is -0.128. The predicted molar refractivity (Wildman–Crippen MR) is 111 cm³/mol. The molecule has 1 amide bonds. The molecule has 0 radical (unpaired) electrons. The van der Waals surface area contributed by atoms with Crippen LogP contribution in [0.1, 0.15) is 71.7 Å². The summed E-state index contributed by atoms with van der Waals surface area (Å²) < 4.78 is 5.57. The molecule has 152 valence electrons. The molecule has 1 fully saturated rings. The smallest absolute Gasteiger partial charge is 0.249 e. The Bertz CT molecular complexity index is 795. The summed E-state index contributed by atoms with van der Waals surface area (Å²) in [5, 5.41) is 4.79. The van der Waals surface area contributed by atoms with Crippen LogP contribution in [0.25, 0.3) is 11.4 Å². The first-order valence-electron chi connectivity index (χ1n) is 10.1. The lowest BCUT2D eigenvalue weighted by molar-refractivity contribution is -0.136. The molecular weight excluding hydrogens is 374 g/mol. The molecule has 0 saturated carbocycles.